The van der Waals surface area contributed by atoms with E-state index in [-0.39, 0.29) is 0 Å². The highest BCUT2D eigenvalue weighted by Crippen LogP contribution is 2.33. The van der Waals surface area contributed by atoms with Gasteiger partial charge in [0.25, 0.3) is 0 Å². The van der Waals surface area contributed by atoms with Crippen LogP contribution in [0.3, 0.4) is 0 Å². The lowest BCUT2D eigenvalue weighted by Gasteiger charge is -2.30. The summed E-state index contributed by atoms with van der Waals surface area (Å²) in [6.07, 6.45) is 5.60. The molecule has 0 heterocycles. The van der Waals surface area contributed by atoms with Gasteiger partial charge >= 0.3 is 0 Å². The molecule has 1 aliphatic rings. The molecule has 0 saturated heterocycles. The largest absolute Gasteiger partial charge is 0.330 e. The summed E-state index contributed by atoms with van der Waals surface area (Å²) in [5.74, 6) is 2.93. The minimum Gasteiger partial charge on any atom is -0.330 e. The molecule has 2 N–H and O–H groups in total. The third-order valence-corrected chi connectivity index (χ3v) is 4.69. The van der Waals surface area contributed by atoms with E-state index in [9.17, 15) is 0 Å². The molecule has 78 valence electrons. The second-order valence-corrected chi connectivity index (χ2v) is 5.82. The summed E-state index contributed by atoms with van der Waals surface area (Å²) >= 11 is 2.16. The minimum absolute atomic E-state index is 0.803. The van der Waals surface area contributed by atoms with Gasteiger partial charge in [-0.25, -0.2) is 0 Å². The Morgan fingerprint density at radius 1 is 1.31 bits per heavy atom. The van der Waals surface area contributed by atoms with E-state index in [1.54, 1.807) is 0 Å². The van der Waals surface area contributed by atoms with Crippen molar-refractivity contribution < 1.29 is 0 Å². The van der Waals surface area contributed by atoms with E-state index < -0.39 is 0 Å². The molecular weight excluding hydrogens is 178 g/mol. The highest BCUT2D eigenvalue weighted by atomic mass is 32.2. The van der Waals surface area contributed by atoms with Crippen LogP contribution in [0.1, 0.15) is 39.5 Å². The smallest absolute Gasteiger partial charge is 0.00874 e. The molecule has 13 heavy (non-hydrogen) atoms. The summed E-state index contributed by atoms with van der Waals surface area (Å²) in [7, 11) is 0. The van der Waals surface area contributed by atoms with Gasteiger partial charge in [0, 0.05) is 5.25 Å². The van der Waals surface area contributed by atoms with E-state index in [1.165, 1.54) is 31.4 Å². The molecule has 2 atom stereocenters. The molecule has 1 aliphatic carbocycles. The predicted octanol–water partition coefficient (Wildman–Crippen LogP) is 2.89. The summed E-state index contributed by atoms with van der Waals surface area (Å²) in [6.45, 7) is 5.50. The van der Waals surface area contributed by atoms with Gasteiger partial charge in [-0.2, -0.15) is 11.8 Å². The zero-order valence-corrected chi connectivity index (χ0v) is 9.78. The van der Waals surface area contributed by atoms with Crippen LogP contribution in [0.2, 0.25) is 0 Å². The Morgan fingerprint density at radius 2 is 2.00 bits per heavy atom. The van der Waals surface area contributed by atoms with Crippen LogP contribution in [0.4, 0.5) is 0 Å². The molecule has 1 fully saturated rings. The van der Waals surface area contributed by atoms with Gasteiger partial charge in [0.05, 0.1) is 0 Å². The van der Waals surface area contributed by atoms with Crippen LogP contribution in [0.15, 0.2) is 0 Å². The van der Waals surface area contributed by atoms with Crippen molar-refractivity contribution in [2.45, 2.75) is 44.8 Å². The molecule has 0 aliphatic heterocycles. The third-order valence-electron chi connectivity index (χ3n) is 2.79. The standard InChI is InChI=1S/C11H23NS/c1-9(2)8-13-11-6-4-3-5-10(11)7-12/h9-11H,3-8,12H2,1-2H3. The van der Waals surface area contributed by atoms with Crippen LogP contribution in [-0.2, 0) is 0 Å². The Labute approximate surface area is 86.8 Å². The van der Waals surface area contributed by atoms with E-state index in [0.29, 0.717) is 0 Å². The normalized spacial score (nSPS) is 29.5. The lowest BCUT2D eigenvalue weighted by molar-refractivity contribution is 0.378. The van der Waals surface area contributed by atoms with Crippen molar-refractivity contribution in [3.05, 3.63) is 0 Å². The summed E-state index contributed by atoms with van der Waals surface area (Å²) < 4.78 is 0. The van der Waals surface area contributed by atoms with E-state index in [1.807, 2.05) is 0 Å². The third kappa shape index (κ3) is 3.90. The first-order valence-corrected chi connectivity index (χ1v) is 6.60. The second-order valence-electron chi connectivity index (χ2n) is 4.55. The molecule has 2 unspecified atom stereocenters. The second kappa shape index (κ2) is 5.92. The highest BCUT2D eigenvalue weighted by molar-refractivity contribution is 7.99. The van der Waals surface area contributed by atoms with Gasteiger partial charge in [-0.1, -0.05) is 26.7 Å². The number of thioether (sulfide) groups is 1. The van der Waals surface area contributed by atoms with Crippen LogP contribution in [-0.4, -0.2) is 17.5 Å². The first kappa shape index (κ1) is 11.4. The zero-order chi connectivity index (χ0) is 9.68. The number of hydrogen-bond acceptors (Lipinski definition) is 2. The highest BCUT2D eigenvalue weighted by Gasteiger charge is 2.23. The van der Waals surface area contributed by atoms with Crippen molar-refractivity contribution >= 4 is 11.8 Å². The average molecular weight is 201 g/mol. The van der Waals surface area contributed by atoms with Crippen molar-refractivity contribution in [3.8, 4) is 0 Å². The van der Waals surface area contributed by atoms with E-state index in [0.717, 1.165) is 23.6 Å². The predicted molar refractivity (Wildman–Crippen MR) is 62.1 cm³/mol. The molecule has 0 spiro atoms. The van der Waals surface area contributed by atoms with Gasteiger partial charge in [0.15, 0.2) is 0 Å². The fraction of sp³-hybridized carbons (Fsp3) is 1.00. The summed E-state index contributed by atoms with van der Waals surface area (Å²) in [6, 6.07) is 0. The average Bonchev–Trinajstić information content (AvgIpc) is 2.15. The molecule has 1 rings (SSSR count). The topological polar surface area (TPSA) is 26.0 Å². The van der Waals surface area contributed by atoms with Gasteiger partial charge in [0.2, 0.25) is 0 Å². The molecule has 0 aromatic rings. The molecule has 1 saturated carbocycles. The van der Waals surface area contributed by atoms with Crippen molar-refractivity contribution in [1.29, 1.82) is 0 Å². The lowest BCUT2D eigenvalue weighted by Crippen LogP contribution is -2.29. The lowest BCUT2D eigenvalue weighted by atomic mass is 9.89. The van der Waals surface area contributed by atoms with Gasteiger partial charge in [0.1, 0.15) is 0 Å². The van der Waals surface area contributed by atoms with Crippen LogP contribution < -0.4 is 5.73 Å². The van der Waals surface area contributed by atoms with E-state index in [2.05, 4.69) is 25.6 Å². The Morgan fingerprint density at radius 3 is 2.62 bits per heavy atom. The van der Waals surface area contributed by atoms with Gasteiger partial charge < -0.3 is 5.73 Å². The molecule has 1 nitrogen and oxygen atoms in total. The monoisotopic (exact) mass is 201 g/mol. The molecule has 0 radical (unpaired) electrons. The van der Waals surface area contributed by atoms with E-state index in [4.69, 9.17) is 5.73 Å². The van der Waals surface area contributed by atoms with Crippen molar-refractivity contribution in [1.82, 2.24) is 0 Å². The van der Waals surface area contributed by atoms with Crippen LogP contribution in [0.5, 0.6) is 0 Å². The SMILES string of the molecule is CC(C)CSC1CCCCC1CN. The fourth-order valence-electron chi connectivity index (χ4n) is 1.98. The molecule has 0 amide bonds. The maximum absolute atomic E-state index is 5.79. The number of hydrogen-bond donors (Lipinski definition) is 1. The van der Waals surface area contributed by atoms with Crippen LogP contribution in [0.25, 0.3) is 0 Å². The van der Waals surface area contributed by atoms with Crippen molar-refractivity contribution in [2.24, 2.45) is 17.6 Å². The first-order valence-electron chi connectivity index (χ1n) is 5.55. The molecule has 2 heteroatoms. The number of nitrogens with two attached hydrogens (primary N) is 1. The summed E-state index contributed by atoms with van der Waals surface area (Å²) in [5, 5.41) is 0.862. The minimum atomic E-state index is 0.803. The maximum Gasteiger partial charge on any atom is 0.00874 e. The molecule has 0 aromatic heterocycles. The molecule has 0 aromatic carbocycles. The Hall–Kier alpha value is 0.310. The van der Waals surface area contributed by atoms with E-state index >= 15 is 0 Å². The van der Waals surface area contributed by atoms with Crippen LogP contribution in [0, 0.1) is 11.8 Å². The Kier molecular flexibility index (Phi) is 5.18. The van der Waals surface area contributed by atoms with Crippen molar-refractivity contribution in [3.63, 3.8) is 0 Å². The van der Waals surface area contributed by atoms with Crippen LogP contribution >= 0.6 is 11.8 Å². The van der Waals surface area contributed by atoms with Crippen molar-refractivity contribution in [2.75, 3.05) is 12.3 Å². The fourth-order valence-corrected chi connectivity index (χ4v) is 3.46. The maximum atomic E-state index is 5.79. The summed E-state index contributed by atoms with van der Waals surface area (Å²) in [4.78, 5) is 0. The van der Waals surface area contributed by atoms with Gasteiger partial charge in [-0.15, -0.1) is 0 Å². The molecule has 0 bridgehead atoms. The van der Waals surface area contributed by atoms with Gasteiger partial charge in [-0.3, -0.25) is 0 Å². The molecular formula is C11H23NS. The quantitative estimate of drug-likeness (QED) is 0.757. The Bertz CT molecular complexity index is 136. The summed E-state index contributed by atoms with van der Waals surface area (Å²) in [5.41, 5.74) is 5.79. The van der Waals surface area contributed by atoms with Gasteiger partial charge in [-0.05, 0) is 37.0 Å². The number of rotatable bonds is 4. The first-order chi connectivity index (χ1) is 6.24. The Balaban J connectivity index is 2.27. The zero-order valence-electron chi connectivity index (χ0n) is 8.96.